The molecule has 0 aromatic rings. The smallest absolute Gasteiger partial charge is 0.326 e. The minimum atomic E-state index is -1.44. The lowest BCUT2D eigenvalue weighted by Gasteiger charge is -2.23. The van der Waals surface area contributed by atoms with Crippen molar-refractivity contribution in [1.29, 1.82) is 0 Å². The van der Waals surface area contributed by atoms with Crippen LogP contribution < -0.4 is 5.32 Å². The molecule has 0 spiro atoms. The van der Waals surface area contributed by atoms with E-state index in [1.807, 2.05) is 4.90 Å². The Morgan fingerprint density at radius 3 is 2.38 bits per heavy atom. The second-order valence-corrected chi connectivity index (χ2v) is 4.84. The van der Waals surface area contributed by atoms with Gasteiger partial charge in [0.05, 0.1) is 13.0 Å². The van der Waals surface area contributed by atoms with Crippen molar-refractivity contribution in [3.05, 3.63) is 0 Å². The van der Waals surface area contributed by atoms with E-state index in [4.69, 9.17) is 15.3 Å². The standard InChI is InChI=1S/C12H21N3O6/c16-7-6-14-2-1-3-15(5-4-14)12(21)13-9(11(19)20)8-10(17)18/h9,16H,1-8H2,(H,13,21)(H,17,18)(H,19,20)/t9-/m0/s1. The molecule has 1 aliphatic rings. The summed E-state index contributed by atoms with van der Waals surface area (Å²) in [6.45, 7) is 2.79. The van der Waals surface area contributed by atoms with E-state index in [-0.39, 0.29) is 6.61 Å². The quantitative estimate of drug-likeness (QED) is 0.476. The summed E-state index contributed by atoms with van der Waals surface area (Å²) >= 11 is 0. The number of aliphatic carboxylic acids is 2. The number of nitrogens with zero attached hydrogens (tertiary/aromatic N) is 2. The lowest BCUT2D eigenvalue weighted by molar-refractivity contribution is -0.145. The highest BCUT2D eigenvalue weighted by molar-refractivity contribution is 5.86. The summed E-state index contributed by atoms with van der Waals surface area (Å²) < 4.78 is 0. The third kappa shape index (κ3) is 5.96. The number of nitrogens with one attached hydrogen (secondary N) is 1. The van der Waals surface area contributed by atoms with Crippen molar-refractivity contribution < 1.29 is 29.7 Å². The summed E-state index contributed by atoms with van der Waals surface area (Å²) in [5.74, 6) is -2.66. The maximum absolute atomic E-state index is 12.0. The molecule has 0 bridgehead atoms. The van der Waals surface area contributed by atoms with Crippen molar-refractivity contribution in [2.45, 2.75) is 18.9 Å². The second-order valence-electron chi connectivity index (χ2n) is 4.84. The number of amides is 2. The van der Waals surface area contributed by atoms with Crippen LogP contribution in [0.2, 0.25) is 0 Å². The first-order valence-electron chi connectivity index (χ1n) is 6.77. The molecular weight excluding hydrogens is 282 g/mol. The van der Waals surface area contributed by atoms with Crippen molar-refractivity contribution >= 4 is 18.0 Å². The first-order valence-corrected chi connectivity index (χ1v) is 6.77. The minimum absolute atomic E-state index is 0.0475. The third-order valence-electron chi connectivity index (χ3n) is 3.27. The van der Waals surface area contributed by atoms with E-state index in [0.717, 1.165) is 6.54 Å². The van der Waals surface area contributed by atoms with E-state index >= 15 is 0 Å². The van der Waals surface area contributed by atoms with Crippen LogP contribution in [0.25, 0.3) is 0 Å². The van der Waals surface area contributed by atoms with Crippen LogP contribution in [-0.2, 0) is 9.59 Å². The van der Waals surface area contributed by atoms with Crippen LogP contribution in [0.1, 0.15) is 12.8 Å². The Labute approximate surface area is 122 Å². The molecular formula is C12H21N3O6. The number of hydrogen-bond donors (Lipinski definition) is 4. The molecule has 0 unspecified atom stereocenters. The lowest BCUT2D eigenvalue weighted by atomic mass is 10.2. The number of aliphatic hydroxyl groups excluding tert-OH is 1. The van der Waals surface area contributed by atoms with E-state index in [1.165, 1.54) is 4.90 Å². The highest BCUT2D eigenvalue weighted by Gasteiger charge is 2.26. The van der Waals surface area contributed by atoms with E-state index in [2.05, 4.69) is 5.32 Å². The van der Waals surface area contributed by atoms with Crippen molar-refractivity contribution in [3.8, 4) is 0 Å². The van der Waals surface area contributed by atoms with Gasteiger partial charge in [0, 0.05) is 26.2 Å². The fraction of sp³-hybridized carbons (Fsp3) is 0.750. The Morgan fingerprint density at radius 1 is 1.10 bits per heavy atom. The Kier molecular flexibility index (Phi) is 6.89. The van der Waals surface area contributed by atoms with Crippen LogP contribution >= 0.6 is 0 Å². The number of hydrogen-bond acceptors (Lipinski definition) is 5. The summed E-state index contributed by atoms with van der Waals surface area (Å²) in [5, 5.41) is 28.7. The zero-order valence-corrected chi connectivity index (χ0v) is 11.7. The lowest BCUT2D eigenvalue weighted by Crippen LogP contribution is -2.49. The van der Waals surface area contributed by atoms with Crippen molar-refractivity contribution in [2.24, 2.45) is 0 Å². The zero-order chi connectivity index (χ0) is 15.8. The monoisotopic (exact) mass is 303 g/mol. The van der Waals surface area contributed by atoms with Crippen LogP contribution in [0.3, 0.4) is 0 Å². The molecule has 1 aliphatic heterocycles. The van der Waals surface area contributed by atoms with Gasteiger partial charge in [0.25, 0.3) is 0 Å². The molecule has 4 N–H and O–H groups in total. The molecule has 1 atom stereocenters. The van der Waals surface area contributed by atoms with E-state index < -0.39 is 30.4 Å². The van der Waals surface area contributed by atoms with Gasteiger partial charge in [-0.25, -0.2) is 9.59 Å². The number of carbonyl (C=O) groups excluding carboxylic acids is 1. The molecule has 21 heavy (non-hydrogen) atoms. The van der Waals surface area contributed by atoms with Crippen molar-refractivity contribution in [3.63, 3.8) is 0 Å². The Morgan fingerprint density at radius 2 is 1.81 bits per heavy atom. The van der Waals surface area contributed by atoms with Gasteiger partial charge in [0.15, 0.2) is 0 Å². The Hall–Kier alpha value is -1.87. The molecule has 0 saturated carbocycles. The summed E-state index contributed by atoms with van der Waals surface area (Å²) in [6.07, 6.45) is 0.0512. The molecule has 9 heteroatoms. The summed E-state index contributed by atoms with van der Waals surface area (Å²) in [4.78, 5) is 37.0. The van der Waals surface area contributed by atoms with Crippen molar-refractivity contribution in [2.75, 3.05) is 39.3 Å². The highest BCUT2D eigenvalue weighted by atomic mass is 16.4. The number of carboxylic acids is 2. The number of carbonyl (C=O) groups is 3. The SMILES string of the molecule is O=C(O)C[C@H](NC(=O)N1CCCN(CCO)CC1)C(=O)O. The minimum Gasteiger partial charge on any atom is -0.481 e. The summed E-state index contributed by atoms with van der Waals surface area (Å²) in [7, 11) is 0. The molecule has 9 nitrogen and oxygen atoms in total. The number of carboxylic acid groups (broad SMARTS) is 2. The zero-order valence-electron chi connectivity index (χ0n) is 11.7. The normalized spacial score (nSPS) is 17.9. The van der Waals surface area contributed by atoms with Crippen LogP contribution in [0, 0.1) is 0 Å². The molecule has 0 aromatic heterocycles. The number of rotatable bonds is 6. The first-order chi connectivity index (χ1) is 9.93. The van der Waals surface area contributed by atoms with Gasteiger partial charge < -0.3 is 25.5 Å². The van der Waals surface area contributed by atoms with Crippen LogP contribution in [0.4, 0.5) is 4.79 Å². The molecule has 2 amide bonds. The fourth-order valence-electron chi connectivity index (χ4n) is 2.15. The molecule has 1 saturated heterocycles. The van der Waals surface area contributed by atoms with Gasteiger partial charge in [0.2, 0.25) is 0 Å². The molecule has 120 valence electrons. The van der Waals surface area contributed by atoms with Crippen LogP contribution in [0.5, 0.6) is 0 Å². The van der Waals surface area contributed by atoms with Gasteiger partial charge >= 0.3 is 18.0 Å². The number of β-amino-alcohol motifs (C(OH)–C–C–N with tert-alkyl or cyclic N) is 1. The summed E-state index contributed by atoms with van der Waals surface area (Å²) in [5.41, 5.74) is 0. The second kappa shape index (κ2) is 8.42. The number of aliphatic hydroxyl groups is 1. The average molecular weight is 303 g/mol. The van der Waals surface area contributed by atoms with Crippen LogP contribution in [-0.4, -0.2) is 88.5 Å². The van der Waals surface area contributed by atoms with Gasteiger partial charge in [-0.1, -0.05) is 0 Å². The largest absolute Gasteiger partial charge is 0.481 e. The first kappa shape index (κ1) is 17.2. The molecule has 0 aliphatic carbocycles. The topological polar surface area (TPSA) is 130 Å². The molecule has 0 radical (unpaired) electrons. The summed E-state index contributed by atoms with van der Waals surface area (Å²) in [6, 6.07) is -2.01. The molecule has 1 rings (SSSR count). The maximum atomic E-state index is 12.0. The van der Waals surface area contributed by atoms with E-state index in [0.29, 0.717) is 32.6 Å². The predicted octanol–water partition coefficient (Wildman–Crippen LogP) is -1.38. The highest BCUT2D eigenvalue weighted by Crippen LogP contribution is 2.04. The molecule has 1 fully saturated rings. The van der Waals surface area contributed by atoms with Crippen molar-refractivity contribution in [1.82, 2.24) is 15.1 Å². The molecule has 1 heterocycles. The van der Waals surface area contributed by atoms with E-state index in [1.54, 1.807) is 0 Å². The fourth-order valence-corrected chi connectivity index (χ4v) is 2.15. The van der Waals surface area contributed by atoms with Gasteiger partial charge in [-0.2, -0.15) is 0 Å². The van der Waals surface area contributed by atoms with Gasteiger partial charge in [0.1, 0.15) is 6.04 Å². The van der Waals surface area contributed by atoms with Gasteiger partial charge in [-0.05, 0) is 13.0 Å². The molecule has 0 aromatic carbocycles. The Bertz CT molecular complexity index is 389. The van der Waals surface area contributed by atoms with Gasteiger partial charge in [-0.3, -0.25) is 9.69 Å². The predicted molar refractivity (Wildman–Crippen MR) is 71.9 cm³/mol. The van der Waals surface area contributed by atoms with E-state index in [9.17, 15) is 14.4 Å². The van der Waals surface area contributed by atoms with Gasteiger partial charge in [-0.15, -0.1) is 0 Å². The maximum Gasteiger partial charge on any atom is 0.326 e. The van der Waals surface area contributed by atoms with Crippen LogP contribution in [0.15, 0.2) is 0 Å². The average Bonchev–Trinajstić information content (AvgIpc) is 2.63. The number of urea groups is 1. The third-order valence-corrected chi connectivity index (χ3v) is 3.27. The Balaban J connectivity index is 2.53.